The molecule has 1 aromatic carbocycles. The maximum Gasteiger partial charge on any atom is 0.321 e. The van der Waals surface area contributed by atoms with Crippen LogP contribution in [-0.4, -0.2) is 31.1 Å². The largest absolute Gasteiger partial charge is 0.495 e. The van der Waals surface area contributed by atoms with Gasteiger partial charge in [-0.2, -0.15) is 0 Å². The summed E-state index contributed by atoms with van der Waals surface area (Å²) in [6.45, 7) is 5.17. The molecule has 1 N–H and O–H groups in total. The Hall–Kier alpha value is -1.42. The van der Waals surface area contributed by atoms with Crippen LogP contribution >= 0.6 is 11.6 Å². The first-order valence-corrected chi connectivity index (χ1v) is 5.89. The zero-order valence-corrected chi connectivity index (χ0v) is 11.0. The highest BCUT2D eigenvalue weighted by atomic mass is 35.5. The summed E-state index contributed by atoms with van der Waals surface area (Å²) >= 11 is 5.88. The number of hydrogen-bond acceptors (Lipinski definition) is 2. The van der Waals surface area contributed by atoms with Gasteiger partial charge in [0.1, 0.15) is 5.75 Å². The minimum atomic E-state index is -0.157. The van der Waals surface area contributed by atoms with E-state index in [2.05, 4.69) is 5.32 Å². The van der Waals surface area contributed by atoms with E-state index in [0.29, 0.717) is 29.5 Å². The third kappa shape index (κ3) is 3.53. The van der Waals surface area contributed by atoms with E-state index in [0.717, 1.165) is 0 Å². The molecule has 0 bridgehead atoms. The quantitative estimate of drug-likeness (QED) is 0.899. The number of benzene rings is 1. The fraction of sp³-hybridized carbons (Fsp3) is 0.417. The first-order valence-electron chi connectivity index (χ1n) is 5.51. The van der Waals surface area contributed by atoms with Gasteiger partial charge in [-0.1, -0.05) is 11.6 Å². The van der Waals surface area contributed by atoms with Crippen LogP contribution in [0.15, 0.2) is 18.2 Å². The molecule has 17 heavy (non-hydrogen) atoms. The van der Waals surface area contributed by atoms with Gasteiger partial charge in [0.2, 0.25) is 0 Å². The number of anilines is 1. The van der Waals surface area contributed by atoms with E-state index in [-0.39, 0.29) is 6.03 Å². The van der Waals surface area contributed by atoms with Gasteiger partial charge < -0.3 is 15.0 Å². The highest BCUT2D eigenvalue weighted by Crippen LogP contribution is 2.27. The van der Waals surface area contributed by atoms with E-state index >= 15 is 0 Å². The third-order valence-electron chi connectivity index (χ3n) is 2.45. The lowest BCUT2D eigenvalue weighted by Crippen LogP contribution is -2.34. The number of nitrogens with one attached hydrogen (secondary N) is 1. The Kier molecular flexibility index (Phi) is 5.10. The predicted molar refractivity (Wildman–Crippen MR) is 69.9 cm³/mol. The van der Waals surface area contributed by atoms with Crippen molar-refractivity contribution in [2.45, 2.75) is 13.8 Å². The van der Waals surface area contributed by atoms with Gasteiger partial charge in [0.15, 0.2) is 0 Å². The van der Waals surface area contributed by atoms with Crippen molar-refractivity contribution in [3.05, 3.63) is 23.2 Å². The molecule has 5 heteroatoms. The average molecular weight is 257 g/mol. The number of carbonyl (C=O) groups excluding carboxylic acids is 1. The number of methoxy groups -OCH3 is 1. The molecular weight excluding hydrogens is 240 g/mol. The van der Waals surface area contributed by atoms with Crippen molar-refractivity contribution in [1.82, 2.24) is 4.90 Å². The molecule has 0 aromatic heterocycles. The molecule has 0 radical (unpaired) electrons. The molecule has 2 amide bonds. The summed E-state index contributed by atoms with van der Waals surface area (Å²) in [4.78, 5) is 13.6. The van der Waals surface area contributed by atoms with Crippen molar-refractivity contribution in [3.8, 4) is 5.75 Å². The van der Waals surface area contributed by atoms with Crippen LogP contribution in [0.5, 0.6) is 5.75 Å². The topological polar surface area (TPSA) is 41.6 Å². The molecule has 0 aliphatic carbocycles. The Morgan fingerprint density at radius 2 is 2.06 bits per heavy atom. The predicted octanol–water partition coefficient (Wildman–Crippen LogP) is 3.22. The molecule has 4 nitrogen and oxygen atoms in total. The molecule has 1 rings (SSSR count). The van der Waals surface area contributed by atoms with Crippen LogP contribution in [0.2, 0.25) is 5.02 Å². The average Bonchev–Trinajstić information content (AvgIpc) is 2.31. The van der Waals surface area contributed by atoms with E-state index in [4.69, 9.17) is 16.3 Å². The highest BCUT2D eigenvalue weighted by Gasteiger charge is 2.12. The van der Waals surface area contributed by atoms with E-state index < -0.39 is 0 Å². The molecule has 0 fully saturated rings. The summed E-state index contributed by atoms with van der Waals surface area (Å²) in [5.74, 6) is 0.593. The summed E-state index contributed by atoms with van der Waals surface area (Å²) in [5, 5.41) is 3.34. The summed E-state index contributed by atoms with van der Waals surface area (Å²) in [6, 6.07) is 4.95. The van der Waals surface area contributed by atoms with Gasteiger partial charge >= 0.3 is 6.03 Å². The molecule has 94 valence electrons. The first kappa shape index (κ1) is 13.6. The van der Waals surface area contributed by atoms with Crippen LogP contribution < -0.4 is 10.1 Å². The van der Waals surface area contributed by atoms with Crippen molar-refractivity contribution in [1.29, 1.82) is 0 Å². The van der Waals surface area contributed by atoms with Crippen molar-refractivity contribution < 1.29 is 9.53 Å². The molecular formula is C12H17ClN2O2. The Balaban J connectivity index is 2.86. The fourth-order valence-electron chi connectivity index (χ4n) is 1.48. The Labute approximate surface area is 107 Å². The third-order valence-corrected chi connectivity index (χ3v) is 2.69. The van der Waals surface area contributed by atoms with Crippen molar-refractivity contribution in [3.63, 3.8) is 0 Å². The molecule has 0 saturated carbocycles. The molecule has 0 spiro atoms. The van der Waals surface area contributed by atoms with Crippen LogP contribution in [0.25, 0.3) is 0 Å². The van der Waals surface area contributed by atoms with E-state index in [1.165, 1.54) is 0 Å². The second kappa shape index (κ2) is 6.35. The number of nitrogens with zero attached hydrogens (tertiary/aromatic N) is 1. The number of carbonyl (C=O) groups is 1. The Morgan fingerprint density at radius 1 is 1.41 bits per heavy atom. The molecule has 0 aliphatic heterocycles. The van der Waals surface area contributed by atoms with Crippen molar-refractivity contribution in [2.75, 3.05) is 25.5 Å². The smallest absolute Gasteiger partial charge is 0.321 e. The lowest BCUT2D eigenvalue weighted by molar-refractivity contribution is 0.217. The zero-order chi connectivity index (χ0) is 12.8. The van der Waals surface area contributed by atoms with Gasteiger partial charge in [-0.25, -0.2) is 4.79 Å². The summed E-state index contributed by atoms with van der Waals surface area (Å²) < 4.78 is 5.16. The molecule has 0 saturated heterocycles. The fourth-order valence-corrected chi connectivity index (χ4v) is 1.66. The minimum absolute atomic E-state index is 0.157. The van der Waals surface area contributed by atoms with Crippen LogP contribution in [0.4, 0.5) is 10.5 Å². The number of urea groups is 1. The van der Waals surface area contributed by atoms with E-state index in [9.17, 15) is 4.79 Å². The van der Waals surface area contributed by atoms with E-state index in [1.807, 2.05) is 13.8 Å². The highest BCUT2D eigenvalue weighted by molar-refractivity contribution is 6.31. The molecule has 0 aliphatic rings. The molecule has 0 unspecified atom stereocenters. The zero-order valence-electron chi connectivity index (χ0n) is 10.3. The van der Waals surface area contributed by atoms with Gasteiger partial charge in [-0.05, 0) is 32.0 Å². The summed E-state index contributed by atoms with van der Waals surface area (Å²) in [5.41, 5.74) is 0.580. The Bertz CT molecular complexity index is 392. The second-order valence-corrected chi connectivity index (χ2v) is 3.88. The van der Waals surface area contributed by atoms with Gasteiger partial charge in [0.25, 0.3) is 0 Å². The monoisotopic (exact) mass is 256 g/mol. The Morgan fingerprint density at radius 3 is 2.59 bits per heavy atom. The number of rotatable bonds is 4. The SMILES string of the molecule is CCN(CC)C(=O)Nc1cc(Cl)ccc1OC. The standard InChI is InChI=1S/C12H17ClN2O2/c1-4-15(5-2)12(16)14-10-8-9(13)6-7-11(10)17-3/h6-8H,4-5H2,1-3H3,(H,14,16). The van der Waals surface area contributed by atoms with E-state index in [1.54, 1.807) is 30.2 Å². The lowest BCUT2D eigenvalue weighted by Gasteiger charge is -2.20. The van der Waals surface area contributed by atoms with Gasteiger partial charge in [0.05, 0.1) is 12.8 Å². The van der Waals surface area contributed by atoms with Gasteiger partial charge in [-0.15, -0.1) is 0 Å². The second-order valence-electron chi connectivity index (χ2n) is 3.45. The van der Waals surface area contributed by atoms with Crippen LogP contribution in [0.1, 0.15) is 13.8 Å². The number of halogens is 1. The molecule has 1 aromatic rings. The van der Waals surface area contributed by atoms with Gasteiger partial charge in [-0.3, -0.25) is 0 Å². The minimum Gasteiger partial charge on any atom is -0.495 e. The normalized spacial score (nSPS) is 9.88. The first-order chi connectivity index (χ1) is 8.12. The van der Waals surface area contributed by atoms with Crippen molar-refractivity contribution >= 4 is 23.3 Å². The van der Waals surface area contributed by atoms with Crippen LogP contribution in [0, 0.1) is 0 Å². The van der Waals surface area contributed by atoms with Crippen molar-refractivity contribution in [2.24, 2.45) is 0 Å². The summed E-state index contributed by atoms with van der Waals surface area (Å²) in [6.07, 6.45) is 0. The maximum atomic E-state index is 11.9. The molecule has 0 heterocycles. The lowest BCUT2D eigenvalue weighted by atomic mass is 10.3. The molecule has 0 atom stereocenters. The van der Waals surface area contributed by atoms with Crippen LogP contribution in [0.3, 0.4) is 0 Å². The number of amides is 2. The van der Waals surface area contributed by atoms with Crippen LogP contribution in [-0.2, 0) is 0 Å². The summed E-state index contributed by atoms with van der Waals surface area (Å²) in [7, 11) is 1.55. The maximum absolute atomic E-state index is 11.9. The number of ether oxygens (including phenoxy) is 1. The number of hydrogen-bond donors (Lipinski definition) is 1. The van der Waals surface area contributed by atoms with Gasteiger partial charge in [0, 0.05) is 18.1 Å².